The highest BCUT2D eigenvalue weighted by molar-refractivity contribution is 7.80. The highest BCUT2D eigenvalue weighted by atomic mass is 35.5. The maximum absolute atomic E-state index is 13.2. The highest BCUT2D eigenvalue weighted by Crippen LogP contribution is 2.26. The van der Waals surface area contributed by atoms with Crippen LogP contribution in [-0.4, -0.2) is 21.5 Å². The van der Waals surface area contributed by atoms with Gasteiger partial charge >= 0.3 is 0 Å². The molecule has 0 radical (unpaired) electrons. The van der Waals surface area contributed by atoms with Crippen LogP contribution in [0, 0.1) is 20.8 Å². The van der Waals surface area contributed by atoms with Crippen LogP contribution in [0.3, 0.4) is 0 Å². The first-order chi connectivity index (χ1) is 14.8. The predicted octanol–water partition coefficient (Wildman–Crippen LogP) is 4.89. The zero-order chi connectivity index (χ0) is 22.3. The maximum Gasteiger partial charge on any atom is 0.270 e. The van der Waals surface area contributed by atoms with Crippen molar-refractivity contribution in [2.24, 2.45) is 0 Å². The summed E-state index contributed by atoms with van der Waals surface area (Å²) in [6.45, 7) is 5.88. The van der Waals surface area contributed by atoms with E-state index >= 15 is 0 Å². The van der Waals surface area contributed by atoms with Crippen LogP contribution in [0.15, 0.2) is 60.2 Å². The van der Waals surface area contributed by atoms with Crippen LogP contribution in [0.25, 0.3) is 11.8 Å². The number of amides is 2. The zero-order valence-corrected chi connectivity index (χ0v) is 18.8. The lowest BCUT2D eigenvalue weighted by Crippen LogP contribution is -2.54. The van der Waals surface area contributed by atoms with E-state index in [2.05, 4.69) is 9.88 Å². The molecule has 0 aliphatic carbocycles. The lowest BCUT2D eigenvalue weighted by Gasteiger charge is -2.29. The number of halogens is 1. The fraction of sp³-hybridized carbons (Fsp3) is 0.125. The number of rotatable bonds is 3. The molecule has 5 nitrogen and oxygen atoms in total. The number of carbonyl (C=O) groups is 2. The summed E-state index contributed by atoms with van der Waals surface area (Å²) in [4.78, 5) is 27.2. The molecule has 1 N–H and O–H groups in total. The van der Waals surface area contributed by atoms with E-state index in [1.807, 2.05) is 63.2 Å². The van der Waals surface area contributed by atoms with Gasteiger partial charge in [0, 0.05) is 22.1 Å². The third kappa shape index (κ3) is 3.92. The number of nitrogens with one attached hydrogen (secondary N) is 1. The molecule has 0 spiro atoms. The molecule has 31 heavy (non-hydrogen) atoms. The molecule has 1 aliphatic heterocycles. The van der Waals surface area contributed by atoms with Crippen molar-refractivity contribution in [1.29, 1.82) is 0 Å². The van der Waals surface area contributed by atoms with Gasteiger partial charge in [0.1, 0.15) is 5.57 Å². The number of thiocarbonyl (C=S) groups is 1. The number of aromatic nitrogens is 1. The van der Waals surface area contributed by atoms with E-state index in [0.717, 1.165) is 28.2 Å². The van der Waals surface area contributed by atoms with Crippen LogP contribution in [0.4, 0.5) is 5.69 Å². The van der Waals surface area contributed by atoms with Crippen molar-refractivity contribution in [3.05, 3.63) is 87.7 Å². The van der Waals surface area contributed by atoms with Gasteiger partial charge in [-0.05, 0) is 87.1 Å². The smallest absolute Gasteiger partial charge is 0.270 e. The monoisotopic (exact) mass is 449 g/mol. The van der Waals surface area contributed by atoms with Crippen molar-refractivity contribution >= 4 is 52.5 Å². The van der Waals surface area contributed by atoms with Gasteiger partial charge in [-0.2, -0.15) is 0 Å². The average molecular weight is 450 g/mol. The number of nitrogens with zero attached hydrogens (tertiary/aromatic N) is 2. The third-order valence-corrected chi connectivity index (χ3v) is 5.79. The highest BCUT2D eigenvalue weighted by Gasteiger charge is 2.34. The van der Waals surface area contributed by atoms with E-state index in [-0.39, 0.29) is 10.7 Å². The van der Waals surface area contributed by atoms with Crippen LogP contribution in [0.1, 0.15) is 22.5 Å². The van der Waals surface area contributed by atoms with Gasteiger partial charge < -0.3 is 4.57 Å². The first-order valence-electron chi connectivity index (χ1n) is 9.69. The van der Waals surface area contributed by atoms with Gasteiger partial charge in [-0.15, -0.1) is 0 Å². The van der Waals surface area contributed by atoms with Crippen LogP contribution < -0.4 is 10.2 Å². The standard InChI is InChI=1S/C24H20ClN3O2S/c1-14-4-8-20(9-5-14)28-23(30)21(22(29)26-24(28)31)13-17-12-15(2)27(16(17)3)19-10-6-18(25)7-11-19/h4-13H,1-3H3,(H,26,29,31)/b21-13+. The van der Waals surface area contributed by atoms with Gasteiger partial charge in [0.25, 0.3) is 11.8 Å². The maximum atomic E-state index is 13.2. The van der Waals surface area contributed by atoms with Crippen molar-refractivity contribution < 1.29 is 9.59 Å². The van der Waals surface area contributed by atoms with E-state index in [1.54, 1.807) is 18.2 Å². The van der Waals surface area contributed by atoms with Crippen molar-refractivity contribution in [2.75, 3.05) is 4.90 Å². The Morgan fingerprint density at radius 3 is 2.19 bits per heavy atom. The zero-order valence-electron chi connectivity index (χ0n) is 17.3. The van der Waals surface area contributed by atoms with Gasteiger partial charge in [0.15, 0.2) is 5.11 Å². The summed E-state index contributed by atoms with van der Waals surface area (Å²) in [5.74, 6) is -0.955. The fourth-order valence-electron chi connectivity index (χ4n) is 3.66. The van der Waals surface area contributed by atoms with Crippen molar-refractivity contribution in [3.63, 3.8) is 0 Å². The fourth-order valence-corrected chi connectivity index (χ4v) is 4.07. The summed E-state index contributed by atoms with van der Waals surface area (Å²) in [5.41, 5.74) is 5.31. The first-order valence-corrected chi connectivity index (χ1v) is 10.5. The van der Waals surface area contributed by atoms with Crippen LogP contribution >= 0.6 is 23.8 Å². The molecular weight excluding hydrogens is 430 g/mol. The second kappa shape index (κ2) is 8.13. The van der Waals surface area contributed by atoms with E-state index in [4.69, 9.17) is 23.8 Å². The molecule has 4 rings (SSSR count). The first kappa shape index (κ1) is 21.0. The molecule has 1 saturated heterocycles. The third-order valence-electron chi connectivity index (χ3n) is 5.25. The molecule has 2 amide bonds. The Kier molecular flexibility index (Phi) is 5.52. The van der Waals surface area contributed by atoms with Gasteiger partial charge in [0.2, 0.25) is 0 Å². The second-order valence-corrected chi connectivity index (χ2v) is 8.25. The molecule has 0 atom stereocenters. The topological polar surface area (TPSA) is 54.3 Å². The summed E-state index contributed by atoms with van der Waals surface area (Å²) in [6.07, 6.45) is 1.62. The molecule has 156 valence electrons. The van der Waals surface area contributed by atoms with Crippen LogP contribution in [-0.2, 0) is 9.59 Å². The Balaban J connectivity index is 1.75. The lowest BCUT2D eigenvalue weighted by atomic mass is 10.1. The van der Waals surface area contributed by atoms with Crippen molar-refractivity contribution in [2.45, 2.75) is 20.8 Å². The van der Waals surface area contributed by atoms with Gasteiger partial charge in [-0.1, -0.05) is 29.3 Å². The Bertz CT molecular complexity index is 1240. The quantitative estimate of drug-likeness (QED) is 0.352. The van der Waals surface area contributed by atoms with E-state index in [0.29, 0.717) is 10.7 Å². The Morgan fingerprint density at radius 1 is 0.935 bits per heavy atom. The van der Waals surface area contributed by atoms with E-state index in [9.17, 15) is 9.59 Å². The van der Waals surface area contributed by atoms with Crippen LogP contribution in [0.2, 0.25) is 5.02 Å². The number of anilines is 1. The number of hydrogen-bond acceptors (Lipinski definition) is 3. The molecule has 2 aromatic carbocycles. The molecule has 1 fully saturated rings. The van der Waals surface area contributed by atoms with E-state index in [1.165, 1.54) is 4.90 Å². The van der Waals surface area contributed by atoms with Gasteiger partial charge in [0.05, 0.1) is 5.69 Å². The molecular formula is C24H20ClN3O2S. The minimum Gasteiger partial charge on any atom is -0.318 e. The number of hydrogen-bond donors (Lipinski definition) is 1. The Hall–Kier alpha value is -3.22. The summed E-state index contributed by atoms with van der Waals surface area (Å²) in [6, 6.07) is 16.8. The predicted molar refractivity (Wildman–Crippen MR) is 128 cm³/mol. The molecule has 3 aromatic rings. The van der Waals surface area contributed by atoms with Crippen molar-refractivity contribution in [3.8, 4) is 5.69 Å². The minimum absolute atomic E-state index is 0.0329. The van der Waals surface area contributed by atoms with Gasteiger partial charge in [-0.25, -0.2) is 0 Å². The van der Waals surface area contributed by atoms with Crippen LogP contribution in [0.5, 0.6) is 0 Å². The van der Waals surface area contributed by atoms with Crippen molar-refractivity contribution in [1.82, 2.24) is 9.88 Å². The molecule has 2 heterocycles. The molecule has 0 saturated carbocycles. The largest absolute Gasteiger partial charge is 0.318 e. The summed E-state index contributed by atoms with van der Waals surface area (Å²) < 4.78 is 2.05. The number of aryl methyl sites for hydroxylation is 2. The lowest BCUT2D eigenvalue weighted by molar-refractivity contribution is -0.122. The summed E-state index contributed by atoms with van der Waals surface area (Å²) in [5, 5.41) is 3.36. The normalized spacial score (nSPS) is 15.5. The second-order valence-electron chi connectivity index (χ2n) is 7.43. The van der Waals surface area contributed by atoms with Gasteiger partial charge in [-0.3, -0.25) is 19.8 Å². The number of benzene rings is 2. The summed E-state index contributed by atoms with van der Waals surface area (Å²) >= 11 is 11.3. The molecule has 1 aromatic heterocycles. The molecule has 7 heteroatoms. The Morgan fingerprint density at radius 2 is 1.55 bits per heavy atom. The Labute approximate surface area is 190 Å². The molecule has 1 aliphatic rings. The SMILES string of the molecule is Cc1ccc(N2C(=O)/C(=C/c3cc(C)n(-c4ccc(Cl)cc4)c3C)C(=O)NC2=S)cc1. The number of carbonyl (C=O) groups excluding carboxylic acids is 2. The minimum atomic E-state index is -0.505. The average Bonchev–Trinajstić information content (AvgIpc) is 3.00. The molecule has 0 unspecified atom stereocenters. The summed E-state index contributed by atoms with van der Waals surface area (Å²) in [7, 11) is 0. The molecule has 0 bridgehead atoms. The van der Waals surface area contributed by atoms with E-state index < -0.39 is 11.8 Å².